The summed E-state index contributed by atoms with van der Waals surface area (Å²) in [4.78, 5) is 43.8. The third-order valence-corrected chi connectivity index (χ3v) is 11.5. The Labute approximate surface area is 240 Å². The first-order valence-electron chi connectivity index (χ1n) is 15.0. The van der Waals surface area contributed by atoms with E-state index in [0.29, 0.717) is 25.0 Å². The van der Waals surface area contributed by atoms with Gasteiger partial charge in [-0.3, -0.25) is 14.5 Å². The first kappa shape index (κ1) is 27.1. The smallest absolute Gasteiger partial charge is 0.334 e. The van der Waals surface area contributed by atoms with E-state index in [1.54, 1.807) is 31.4 Å². The zero-order valence-corrected chi connectivity index (χ0v) is 24.1. The summed E-state index contributed by atoms with van der Waals surface area (Å²) in [6.45, 7) is 3.68. The number of hydrogen-bond donors (Lipinski definition) is 1. The number of methoxy groups -OCH3 is 2. The average molecular weight is 566 g/mol. The minimum Gasteiger partial charge on any atom is -0.466 e. The number of hydrogen-bond acceptors (Lipinski definition) is 9. The van der Waals surface area contributed by atoms with Crippen LogP contribution in [0.1, 0.15) is 52.4 Å². The highest BCUT2D eigenvalue weighted by Gasteiger charge is 2.82. The predicted octanol–water partition coefficient (Wildman–Crippen LogP) is 3.04. The molecule has 5 bridgehead atoms. The van der Waals surface area contributed by atoms with E-state index in [2.05, 4.69) is 11.8 Å². The van der Waals surface area contributed by atoms with E-state index in [0.717, 1.165) is 24.8 Å². The van der Waals surface area contributed by atoms with Crippen LogP contribution in [0, 0.1) is 29.6 Å². The van der Waals surface area contributed by atoms with Crippen molar-refractivity contribution in [3.05, 3.63) is 41.5 Å². The Bertz CT molecular complexity index is 1310. The van der Waals surface area contributed by atoms with E-state index >= 15 is 0 Å². The minimum absolute atomic E-state index is 0.0267. The summed E-state index contributed by atoms with van der Waals surface area (Å²) in [5, 5.41) is 11.2. The number of carbonyl (C=O) groups excluding carboxylic acids is 3. The van der Waals surface area contributed by atoms with Gasteiger partial charge in [-0.15, -0.1) is 0 Å². The highest BCUT2D eigenvalue weighted by atomic mass is 16.6. The van der Waals surface area contributed by atoms with Gasteiger partial charge in [-0.05, 0) is 69.4 Å². The number of piperidine rings is 2. The molecule has 1 spiro atoms. The van der Waals surface area contributed by atoms with Crippen molar-refractivity contribution in [3.63, 3.8) is 0 Å². The Morgan fingerprint density at radius 1 is 1.02 bits per heavy atom. The molecule has 1 aromatic rings. The van der Waals surface area contributed by atoms with Gasteiger partial charge in [0.1, 0.15) is 11.4 Å². The van der Waals surface area contributed by atoms with Gasteiger partial charge in [0.15, 0.2) is 0 Å². The van der Waals surface area contributed by atoms with Crippen LogP contribution in [-0.4, -0.2) is 77.6 Å². The number of rotatable bonds is 5. The molecule has 9 heteroatoms. The molecule has 3 heterocycles. The molecule has 12 unspecified atom stereocenters. The van der Waals surface area contributed by atoms with Crippen LogP contribution < -0.4 is 4.74 Å². The van der Waals surface area contributed by atoms with Crippen molar-refractivity contribution in [2.75, 3.05) is 14.2 Å². The summed E-state index contributed by atoms with van der Waals surface area (Å²) in [5.41, 5.74) is -0.566. The zero-order valence-electron chi connectivity index (χ0n) is 24.1. The normalized spacial score (nSPS) is 45.1. The largest absolute Gasteiger partial charge is 0.466 e. The molecular weight excluding hydrogens is 526 g/mol. The van der Waals surface area contributed by atoms with E-state index in [-0.39, 0.29) is 41.4 Å². The molecule has 2 saturated carbocycles. The van der Waals surface area contributed by atoms with Gasteiger partial charge >= 0.3 is 17.9 Å². The molecule has 7 rings (SSSR count). The van der Waals surface area contributed by atoms with Crippen LogP contribution in [0.4, 0.5) is 0 Å². The minimum atomic E-state index is -1.06. The molecule has 12 atom stereocenters. The van der Waals surface area contributed by atoms with Gasteiger partial charge in [-0.2, -0.15) is 0 Å². The van der Waals surface area contributed by atoms with E-state index < -0.39 is 47.1 Å². The summed E-state index contributed by atoms with van der Waals surface area (Å²) in [7, 11) is 2.88. The van der Waals surface area contributed by atoms with Crippen molar-refractivity contribution >= 4 is 17.9 Å². The molecule has 0 aromatic heterocycles. The molecule has 6 aliphatic rings. The Morgan fingerprint density at radius 3 is 2.44 bits per heavy atom. The molecule has 9 nitrogen and oxygen atoms in total. The van der Waals surface area contributed by atoms with Gasteiger partial charge in [-0.25, -0.2) is 4.79 Å². The van der Waals surface area contributed by atoms with Crippen LogP contribution in [0.2, 0.25) is 0 Å². The summed E-state index contributed by atoms with van der Waals surface area (Å²) in [6, 6.07) is 9.27. The SMILES string of the molecule is COC(=O)C1=C2C3(OC(C)=O)CC4CC5C3CCC(C)N5C24C2CCC(O)C(OC)C2C1C(=O)Oc1ccccc1. The number of aliphatic hydroxyl groups excluding tert-OH is 1. The number of fused-ring (bicyclic) bond motifs is 2. The van der Waals surface area contributed by atoms with Gasteiger partial charge in [-0.1, -0.05) is 18.2 Å². The Kier molecular flexibility index (Phi) is 6.20. The second-order valence-corrected chi connectivity index (χ2v) is 13.0. The molecule has 5 fully saturated rings. The number of ether oxygens (including phenoxy) is 4. The standard InChI is InChI=1S/C32H39NO8/c1-16-10-11-20-22-14-18-15-31(20,41-17(2)34)28-26(29(36)39-4)25(30(37)40-19-8-6-5-7-9-19)24-21(32(18,28)33(16)22)12-13-23(35)27(24)38-3/h5-9,16,18,20-25,27,35H,10-15H2,1-4H3. The fraction of sp³-hybridized carbons (Fsp3) is 0.656. The van der Waals surface area contributed by atoms with Gasteiger partial charge in [0.25, 0.3) is 0 Å². The van der Waals surface area contributed by atoms with Crippen molar-refractivity contribution < 1.29 is 38.4 Å². The van der Waals surface area contributed by atoms with Gasteiger partial charge in [0, 0.05) is 43.5 Å². The topological polar surface area (TPSA) is 112 Å². The van der Waals surface area contributed by atoms with Gasteiger partial charge in [0.2, 0.25) is 0 Å². The predicted molar refractivity (Wildman–Crippen MR) is 145 cm³/mol. The quantitative estimate of drug-likeness (QED) is 0.425. The molecule has 3 saturated heterocycles. The second-order valence-electron chi connectivity index (χ2n) is 13.0. The van der Waals surface area contributed by atoms with E-state index in [4.69, 9.17) is 18.9 Å². The average Bonchev–Trinajstić information content (AvgIpc) is 3.35. The summed E-state index contributed by atoms with van der Waals surface area (Å²) < 4.78 is 23.8. The fourth-order valence-corrected chi connectivity index (χ4v) is 10.8. The lowest BCUT2D eigenvalue weighted by molar-refractivity contribution is -0.190. The number of carbonyl (C=O) groups is 3. The van der Waals surface area contributed by atoms with Crippen LogP contribution in [0.15, 0.2) is 41.5 Å². The fourth-order valence-electron chi connectivity index (χ4n) is 10.8. The van der Waals surface area contributed by atoms with Crippen molar-refractivity contribution in [1.82, 2.24) is 4.90 Å². The third kappa shape index (κ3) is 3.37. The van der Waals surface area contributed by atoms with Crippen LogP contribution in [-0.2, 0) is 28.6 Å². The lowest BCUT2D eigenvalue weighted by Gasteiger charge is -2.65. The number of benzene rings is 1. The summed E-state index contributed by atoms with van der Waals surface area (Å²) in [5.74, 6) is -2.75. The molecule has 1 N–H and O–H groups in total. The first-order chi connectivity index (χ1) is 19.7. The van der Waals surface area contributed by atoms with E-state index in [1.807, 2.05) is 6.07 Å². The lowest BCUT2D eigenvalue weighted by Crippen LogP contribution is -2.74. The van der Waals surface area contributed by atoms with Crippen LogP contribution >= 0.6 is 0 Å². The van der Waals surface area contributed by atoms with Crippen molar-refractivity contribution in [2.45, 2.75) is 87.8 Å². The van der Waals surface area contributed by atoms with Gasteiger partial charge < -0.3 is 24.1 Å². The molecule has 0 radical (unpaired) electrons. The van der Waals surface area contributed by atoms with Gasteiger partial charge in [0.05, 0.1) is 36.3 Å². The van der Waals surface area contributed by atoms with Crippen molar-refractivity contribution in [1.29, 1.82) is 0 Å². The van der Waals surface area contributed by atoms with Crippen molar-refractivity contribution in [2.24, 2.45) is 29.6 Å². The zero-order chi connectivity index (χ0) is 28.8. The number of nitrogens with zero attached hydrogens (tertiary/aromatic N) is 1. The third-order valence-electron chi connectivity index (χ3n) is 11.5. The van der Waals surface area contributed by atoms with Crippen LogP contribution in [0.25, 0.3) is 0 Å². The Balaban J connectivity index is 1.53. The first-order valence-corrected chi connectivity index (χ1v) is 15.0. The monoisotopic (exact) mass is 565 g/mol. The maximum atomic E-state index is 14.3. The van der Waals surface area contributed by atoms with Crippen molar-refractivity contribution in [3.8, 4) is 5.75 Å². The highest BCUT2D eigenvalue weighted by Crippen LogP contribution is 2.76. The number of aliphatic hydroxyl groups is 1. The van der Waals surface area contributed by atoms with E-state index in [9.17, 15) is 19.5 Å². The molecule has 3 aliphatic heterocycles. The van der Waals surface area contributed by atoms with E-state index in [1.165, 1.54) is 14.0 Å². The highest BCUT2D eigenvalue weighted by molar-refractivity contribution is 5.99. The molecule has 1 aromatic carbocycles. The second kappa shape index (κ2) is 9.38. The summed E-state index contributed by atoms with van der Waals surface area (Å²) >= 11 is 0. The van der Waals surface area contributed by atoms with Crippen LogP contribution in [0.3, 0.4) is 0 Å². The lowest BCUT2D eigenvalue weighted by atomic mass is 9.50. The number of para-hydroxylation sites is 1. The maximum absolute atomic E-state index is 14.3. The summed E-state index contributed by atoms with van der Waals surface area (Å²) in [6.07, 6.45) is 3.12. The molecule has 41 heavy (non-hydrogen) atoms. The van der Waals surface area contributed by atoms with Crippen LogP contribution in [0.5, 0.6) is 5.75 Å². The molecular formula is C32H39NO8. The Morgan fingerprint density at radius 2 is 1.76 bits per heavy atom. The molecule has 3 aliphatic carbocycles. The maximum Gasteiger partial charge on any atom is 0.334 e. The number of esters is 3. The Hall–Kier alpha value is -2.75. The molecule has 0 amide bonds. The molecule has 220 valence electrons.